The van der Waals surface area contributed by atoms with E-state index in [4.69, 9.17) is 11.6 Å². The lowest BCUT2D eigenvalue weighted by molar-refractivity contribution is 0.252. The zero-order valence-corrected chi connectivity index (χ0v) is 13.4. The number of aromatic nitrogens is 1. The number of halogens is 1. The molecule has 0 bridgehead atoms. The van der Waals surface area contributed by atoms with Crippen LogP contribution in [0.2, 0.25) is 5.02 Å². The van der Waals surface area contributed by atoms with E-state index in [0.717, 1.165) is 27.6 Å². The third-order valence-electron chi connectivity index (χ3n) is 3.62. The minimum Gasteiger partial charge on any atom is -0.334 e. The van der Waals surface area contributed by atoms with E-state index in [1.54, 1.807) is 12.4 Å². The molecule has 0 aliphatic heterocycles. The van der Waals surface area contributed by atoms with Gasteiger partial charge in [-0.2, -0.15) is 0 Å². The Kier molecular flexibility index (Phi) is 4.44. The van der Waals surface area contributed by atoms with Crippen molar-refractivity contribution in [2.24, 2.45) is 0 Å². The number of hydrogen-bond donors (Lipinski definition) is 2. The van der Waals surface area contributed by atoms with Gasteiger partial charge in [-0.25, -0.2) is 4.79 Å². The summed E-state index contributed by atoms with van der Waals surface area (Å²) in [5.74, 6) is 0. The van der Waals surface area contributed by atoms with Crippen LogP contribution in [0.25, 0.3) is 10.8 Å². The van der Waals surface area contributed by atoms with Crippen molar-refractivity contribution >= 4 is 34.1 Å². The minimum absolute atomic E-state index is 0.258. The number of benzene rings is 2. The maximum Gasteiger partial charge on any atom is 0.319 e. The maximum absolute atomic E-state index is 12.1. The van der Waals surface area contributed by atoms with E-state index in [0.29, 0.717) is 11.6 Å². The molecule has 0 aliphatic carbocycles. The van der Waals surface area contributed by atoms with Crippen molar-refractivity contribution in [1.82, 2.24) is 10.3 Å². The number of carbonyl (C=O) groups excluding carboxylic acids is 1. The molecule has 3 rings (SSSR count). The van der Waals surface area contributed by atoms with Crippen molar-refractivity contribution in [3.63, 3.8) is 0 Å². The zero-order chi connectivity index (χ0) is 16.2. The number of fused-ring (bicyclic) bond motifs is 1. The summed E-state index contributed by atoms with van der Waals surface area (Å²) in [5.41, 5.74) is 2.73. The summed E-state index contributed by atoms with van der Waals surface area (Å²) in [6, 6.07) is 13.1. The molecular weight excluding hydrogens is 310 g/mol. The smallest absolute Gasteiger partial charge is 0.319 e. The lowest BCUT2D eigenvalue weighted by atomic mass is 10.1. The van der Waals surface area contributed by atoms with Gasteiger partial charge in [0.2, 0.25) is 0 Å². The monoisotopic (exact) mass is 325 g/mol. The predicted molar refractivity (Wildman–Crippen MR) is 93.8 cm³/mol. The van der Waals surface area contributed by atoms with Crippen LogP contribution in [0.5, 0.6) is 0 Å². The quantitative estimate of drug-likeness (QED) is 0.744. The molecule has 0 saturated heterocycles. The van der Waals surface area contributed by atoms with Gasteiger partial charge in [-0.3, -0.25) is 4.98 Å². The highest BCUT2D eigenvalue weighted by Crippen LogP contribution is 2.22. The van der Waals surface area contributed by atoms with Crippen LogP contribution in [0.1, 0.15) is 11.1 Å². The van der Waals surface area contributed by atoms with E-state index < -0.39 is 0 Å². The molecule has 5 heteroatoms. The molecule has 4 nitrogen and oxygen atoms in total. The lowest BCUT2D eigenvalue weighted by Gasteiger charge is -2.10. The maximum atomic E-state index is 12.1. The summed E-state index contributed by atoms with van der Waals surface area (Å²) >= 11 is 6.09. The molecule has 1 aromatic heterocycles. The van der Waals surface area contributed by atoms with E-state index in [1.165, 1.54) is 0 Å². The highest BCUT2D eigenvalue weighted by molar-refractivity contribution is 6.31. The number of nitrogens with one attached hydrogen (secondary N) is 2. The Balaban J connectivity index is 1.68. The van der Waals surface area contributed by atoms with Crippen molar-refractivity contribution in [2.45, 2.75) is 13.5 Å². The average Bonchev–Trinajstić information content (AvgIpc) is 2.56. The second-order valence-electron chi connectivity index (χ2n) is 5.29. The van der Waals surface area contributed by atoms with Gasteiger partial charge >= 0.3 is 6.03 Å². The van der Waals surface area contributed by atoms with Gasteiger partial charge in [0.15, 0.2) is 0 Å². The fraction of sp³-hybridized carbons (Fsp3) is 0.111. The number of rotatable bonds is 3. The van der Waals surface area contributed by atoms with Crippen molar-refractivity contribution in [2.75, 3.05) is 5.32 Å². The number of amides is 2. The van der Waals surface area contributed by atoms with Gasteiger partial charge in [-0.15, -0.1) is 0 Å². The molecule has 2 N–H and O–H groups in total. The second-order valence-corrected chi connectivity index (χ2v) is 5.70. The Bertz CT molecular complexity index is 859. The zero-order valence-electron chi connectivity index (χ0n) is 12.6. The summed E-state index contributed by atoms with van der Waals surface area (Å²) < 4.78 is 0. The Morgan fingerprint density at radius 1 is 1.22 bits per heavy atom. The van der Waals surface area contributed by atoms with Gasteiger partial charge in [-0.1, -0.05) is 35.9 Å². The molecular formula is C18H16ClN3O. The fourth-order valence-corrected chi connectivity index (χ4v) is 2.53. The Morgan fingerprint density at radius 3 is 2.91 bits per heavy atom. The first-order valence-electron chi connectivity index (χ1n) is 7.26. The number of nitrogens with zero attached hydrogens (tertiary/aromatic N) is 1. The summed E-state index contributed by atoms with van der Waals surface area (Å²) in [7, 11) is 0. The molecule has 3 aromatic rings. The Labute approximate surface area is 139 Å². The minimum atomic E-state index is -0.258. The molecule has 0 radical (unpaired) electrons. The molecule has 0 spiro atoms. The Morgan fingerprint density at radius 2 is 2.09 bits per heavy atom. The van der Waals surface area contributed by atoms with Crippen LogP contribution in [0, 0.1) is 6.92 Å². The van der Waals surface area contributed by atoms with Gasteiger partial charge in [0.25, 0.3) is 0 Å². The van der Waals surface area contributed by atoms with Crippen molar-refractivity contribution in [1.29, 1.82) is 0 Å². The van der Waals surface area contributed by atoms with Crippen molar-refractivity contribution in [3.05, 3.63) is 71.0 Å². The van der Waals surface area contributed by atoms with Gasteiger partial charge in [0.1, 0.15) is 0 Å². The standard InChI is InChI=1S/C18H16ClN3O/c1-12-5-6-13(9-16(12)19)10-21-18(23)22-17-4-2-3-14-11-20-8-7-15(14)17/h2-9,11H,10H2,1H3,(H2,21,22,23). The highest BCUT2D eigenvalue weighted by Gasteiger charge is 2.06. The average molecular weight is 326 g/mol. The lowest BCUT2D eigenvalue weighted by Crippen LogP contribution is -2.28. The van der Waals surface area contributed by atoms with Gasteiger partial charge in [-0.05, 0) is 36.2 Å². The van der Waals surface area contributed by atoms with Gasteiger partial charge in [0, 0.05) is 34.7 Å². The molecule has 0 saturated carbocycles. The number of hydrogen-bond acceptors (Lipinski definition) is 2. The Hall–Kier alpha value is -2.59. The van der Waals surface area contributed by atoms with E-state index in [1.807, 2.05) is 49.4 Å². The molecule has 0 unspecified atom stereocenters. The van der Waals surface area contributed by atoms with Gasteiger partial charge in [0.05, 0.1) is 5.69 Å². The first-order chi connectivity index (χ1) is 11.1. The van der Waals surface area contributed by atoms with E-state index in [9.17, 15) is 4.79 Å². The number of aryl methyl sites for hydroxylation is 1. The van der Waals surface area contributed by atoms with E-state index in [-0.39, 0.29) is 6.03 Å². The molecule has 0 aliphatic rings. The molecule has 2 aromatic carbocycles. The largest absolute Gasteiger partial charge is 0.334 e. The first-order valence-corrected chi connectivity index (χ1v) is 7.64. The predicted octanol–water partition coefficient (Wildman–Crippen LogP) is 4.52. The number of urea groups is 1. The van der Waals surface area contributed by atoms with Crippen LogP contribution in [-0.4, -0.2) is 11.0 Å². The topological polar surface area (TPSA) is 54.0 Å². The highest BCUT2D eigenvalue weighted by atomic mass is 35.5. The second kappa shape index (κ2) is 6.67. The molecule has 116 valence electrons. The molecule has 0 atom stereocenters. The van der Waals surface area contributed by atoms with Crippen LogP contribution in [0.3, 0.4) is 0 Å². The van der Waals surface area contributed by atoms with Crippen LogP contribution in [0.4, 0.5) is 10.5 Å². The summed E-state index contributed by atoms with van der Waals surface area (Å²) in [4.78, 5) is 16.2. The van der Waals surface area contributed by atoms with Crippen LogP contribution < -0.4 is 10.6 Å². The third kappa shape index (κ3) is 3.60. The summed E-state index contributed by atoms with van der Waals surface area (Å²) in [6.45, 7) is 2.36. The molecule has 2 amide bonds. The summed E-state index contributed by atoms with van der Waals surface area (Å²) in [6.07, 6.45) is 3.48. The third-order valence-corrected chi connectivity index (χ3v) is 4.03. The van der Waals surface area contributed by atoms with E-state index >= 15 is 0 Å². The van der Waals surface area contributed by atoms with Crippen LogP contribution >= 0.6 is 11.6 Å². The number of carbonyl (C=O) groups is 1. The van der Waals surface area contributed by atoms with Crippen LogP contribution in [-0.2, 0) is 6.54 Å². The fourth-order valence-electron chi connectivity index (χ4n) is 2.33. The first kappa shape index (κ1) is 15.3. The molecule has 1 heterocycles. The number of pyridine rings is 1. The van der Waals surface area contributed by atoms with Crippen molar-refractivity contribution < 1.29 is 4.79 Å². The van der Waals surface area contributed by atoms with Crippen LogP contribution in [0.15, 0.2) is 54.9 Å². The van der Waals surface area contributed by atoms with Crippen molar-refractivity contribution in [3.8, 4) is 0 Å². The normalized spacial score (nSPS) is 10.5. The molecule has 23 heavy (non-hydrogen) atoms. The van der Waals surface area contributed by atoms with E-state index in [2.05, 4.69) is 15.6 Å². The van der Waals surface area contributed by atoms with Gasteiger partial charge < -0.3 is 10.6 Å². The molecule has 0 fully saturated rings. The summed E-state index contributed by atoms with van der Waals surface area (Å²) in [5, 5.41) is 8.34. The SMILES string of the molecule is Cc1ccc(CNC(=O)Nc2cccc3cnccc23)cc1Cl. The number of anilines is 1.